The molecule has 0 aliphatic heterocycles. The smallest absolute Gasteiger partial charge is 0.265 e. The number of nitrogens with one attached hydrogen (secondary N) is 1. The Morgan fingerprint density at radius 1 is 1.20 bits per heavy atom. The van der Waals surface area contributed by atoms with Gasteiger partial charge in [-0.3, -0.25) is 4.79 Å². The van der Waals surface area contributed by atoms with Crippen LogP contribution in [0.1, 0.15) is 45.1 Å². The Kier molecular flexibility index (Phi) is 6.39. The molecule has 2 rings (SSSR count). The van der Waals surface area contributed by atoms with Gasteiger partial charge in [-0.2, -0.15) is 0 Å². The molecule has 134 valence electrons. The highest BCUT2D eigenvalue weighted by molar-refractivity contribution is 5.94. The maximum Gasteiger partial charge on any atom is 0.265 e. The lowest BCUT2D eigenvalue weighted by atomic mass is 9.98. The molecular weight excluding hydrogens is 319 g/mol. The largest absolute Gasteiger partial charge is 0.480 e. The average Bonchev–Trinajstić information content (AvgIpc) is 2.62. The molecule has 0 radical (unpaired) electrons. The normalized spacial score (nSPS) is 13.1. The number of carbonyl (C=O) groups excluding carboxylic acids is 1. The monoisotopic (exact) mass is 344 g/mol. The van der Waals surface area contributed by atoms with Crippen LogP contribution in [0.3, 0.4) is 0 Å². The van der Waals surface area contributed by atoms with Crippen molar-refractivity contribution in [1.29, 1.82) is 0 Å². The molecule has 0 unspecified atom stereocenters. The molecule has 2 atom stereocenters. The molecule has 3 N–H and O–H groups in total. The van der Waals surface area contributed by atoms with E-state index in [1.807, 2.05) is 31.2 Å². The lowest BCUT2D eigenvalue weighted by molar-refractivity contribution is -0.122. The van der Waals surface area contributed by atoms with Crippen LogP contribution in [0.2, 0.25) is 0 Å². The Bertz CT molecular complexity index is 733. The van der Waals surface area contributed by atoms with E-state index in [0.717, 1.165) is 12.0 Å². The summed E-state index contributed by atoms with van der Waals surface area (Å²) in [6.45, 7) is 6.07. The van der Waals surface area contributed by atoms with Crippen molar-refractivity contribution in [2.75, 3.05) is 11.1 Å². The van der Waals surface area contributed by atoms with Crippen LogP contribution >= 0.6 is 0 Å². The van der Waals surface area contributed by atoms with Crippen molar-refractivity contribution >= 4 is 17.3 Å². The van der Waals surface area contributed by atoms with Crippen LogP contribution < -0.4 is 15.8 Å². The predicted octanol–water partition coefficient (Wildman–Crippen LogP) is 4.72. The van der Waals surface area contributed by atoms with Gasteiger partial charge in [0.25, 0.3) is 5.91 Å². The number of ether oxygens (including phenoxy) is 1. The van der Waals surface area contributed by atoms with E-state index in [0.29, 0.717) is 23.8 Å². The number of anilines is 2. The van der Waals surface area contributed by atoms with Crippen LogP contribution in [0.25, 0.3) is 0 Å². The quantitative estimate of drug-likeness (QED) is 0.715. The molecule has 0 saturated carbocycles. The highest BCUT2D eigenvalue weighted by atomic mass is 19.1. The predicted molar refractivity (Wildman–Crippen MR) is 99.3 cm³/mol. The number of carbonyl (C=O) groups is 1. The van der Waals surface area contributed by atoms with Gasteiger partial charge in [0.05, 0.1) is 5.69 Å². The third kappa shape index (κ3) is 4.72. The molecule has 0 bridgehead atoms. The van der Waals surface area contributed by atoms with Crippen LogP contribution in [0.4, 0.5) is 15.8 Å². The van der Waals surface area contributed by atoms with Gasteiger partial charge in [-0.1, -0.05) is 39.0 Å². The van der Waals surface area contributed by atoms with Crippen LogP contribution in [0.15, 0.2) is 42.5 Å². The number of rotatable bonds is 7. The molecule has 0 aromatic heterocycles. The summed E-state index contributed by atoms with van der Waals surface area (Å²) >= 11 is 0. The third-order valence-corrected chi connectivity index (χ3v) is 4.24. The van der Waals surface area contributed by atoms with Crippen molar-refractivity contribution in [3.63, 3.8) is 0 Å². The van der Waals surface area contributed by atoms with Crippen LogP contribution in [0, 0.1) is 5.82 Å². The van der Waals surface area contributed by atoms with Gasteiger partial charge in [0.15, 0.2) is 6.10 Å². The van der Waals surface area contributed by atoms with E-state index in [2.05, 4.69) is 19.2 Å². The van der Waals surface area contributed by atoms with Gasteiger partial charge in [0.2, 0.25) is 0 Å². The SMILES string of the molecule is CC[C@H](Oc1ccccc1[C@@H](C)CC)C(=O)Nc1cc(N)ccc1F. The number of hydrogen-bond acceptors (Lipinski definition) is 3. The van der Waals surface area contributed by atoms with Gasteiger partial charge in [-0.25, -0.2) is 4.39 Å². The molecule has 5 heteroatoms. The zero-order valence-corrected chi connectivity index (χ0v) is 14.9. The van der Waals surface area contributed by atoms with Crippen molar-refractivity contribution < 1.29 is 13.9 Å². The van der Waals surface area contributed by atoms with Crippen molar-refractivity contribution in [1.82, 2.24) is 0 Å². The minimum Gasteiger partial charge on any atom is -0.480 e. The highest BCUT2D eigenvalue weighted by Crippen LogP contribution is 2.29. The summed E-state index contributed by atoms with van der Waals surface area (Å²) in [5, 5.41) is 2.57. The Morgan fingerprint density at radius 2 is 1.92 bits per heavy atom. The first-order valence-corrected chi connectivity index (χ1v) is 8.57. The molecular formula is C20H25FN2O2. The van der Waals surface area contributed by atoms with Crippen molar-refractivity contribution in [2.45, 2.75) is 45.6 Å². The first kappa shape index (κ1) is 18.8. The lowest BCUT2D eigenvalue weighted by Gasteiger charge is -2.21. The summed E-state index contributed by atoms with van der Waals surface area (Å²) in [7, 11) is 0. The van der Waals surface area contributed by atoms with E-state index in [9.17, 15) is 9.18 Å². The fourth-order valence-electron chi connectivity index (χ4n) is 2.54. The first-order valence-electron chi connectivity index (χ1n) is 8.57. The second-order valence-electron chi connectivity index (χ2n) is 6.09. The van der Waals surface area contributed by atoms with Gasteiger partial charge in [-0.05, 0) is 48.6 Å². The van der Waals surface area contributed by atoms with E-state index in [1.165, 1.54) is 18.2 Å². The van der Waals surface area contributed by atoms with Crippen LogP contribution in [0.5, 0.6) is 5.75 Å². The fraction of sp³-hybridized carbons (Fsp3) is 0.350. The van der Waals surface area contributed by atoms with Gasteiger partial charge >= 0.3 is 0 Å². The molecule has 0 aliphatic carbocycles. The van der Waals surface area contributed by atoms with E-state index < -0.39 is 17.8 Å². The molecule has 0 saturated heterocycles. The van der Waals surface area contributed by atoms with E-state index >= 15 is 0 Å². The van der Waals surface area contributed by atoms with E-state index in [-0.39, 0.29) is 5.69 Å². The number of halogens is 1. The average molecular weight is 344 g/mol. The number of nitrogen functional groups attached to an aromatic ring is 1. The Labute approximate surface area is 148 Å². The van der Waals surface area contributed by atoms with Crippen molar-refractivity contribution in [3.05, 3.63) is 53.8 Å². The van der Waals surface area contributed by atoms with Gasteiger partial charge in [-0.15, -0.1) is 0 Å². The Hall–Kier alpha value is -2.56. The molecule has 0 aliphatic rings. The zero-order valence-electron chi connectivity index (χ0n) is 14.9. The Balaban J connectivity index is 2.17. The second kappa shape index (κ2) is 8.51. The fourth-order valence-corrected chi connectivity index (χ4v) is 2.54. The minimum atomic E-state index is -0.717. The molecule has 0 spiro atoms. The number of amides is 1. The van der Waals surface area contributed by atoms with Gasteiger partial charge < -0.3 is 15.8 Å². The molecule has 0 fully saturated rings. The van der Waals surface area contributed by atoms with Gasteiger partial charge in [0, 0.05) is 5.69 Å². The highest BCUT2D eigenvalue weighted by Gasteiger charge is 2.21. The zero-order chi connectivity index (χ0) is 18.4. The topological polar surface area (TPSA) is 64.3 Å². The summed E-state index contributed by atoms with van der Waals surface area (Å²) in [5.41, 5.74) is 7.16. The van der Waals surface area contributed by atoms with Crippen LogP contribution in [-0.2, 0) is 4.79 Å². The summed E-state index contributed by atoms with van der Waals surface area (Å²) in [6, 6.07) is 11.8. The number of benzene rings is 2. The minimum absolute atomic E-state index is 0.0576. The number of hydrogen-bond donors (Lipinski definition) is 2. The number of para-hydroxylation sites is 1. The molecule has 25 heavy (non-hydrogen) atoms. The summed E-state index contributed by atoms with van der Waals surface area (Å²) < 4.78 is 19.8. The summed E-state index contributed by atoms with van der Waals surface area (Å²) in [4.78, 5) is 12.5. The first-order chi connectivity index (χ1) is 12.0. The molecule has 2 aromatic carbocycles. The molecule has 1 amide bonds. The maximum atomic E-state index is 13.8. The van der Waals surface area contributed by atoms with E-state index in [1.54, 1.807) is 0 Å². The number of nitrogens with two attached hydrogens (primary N) is 1. The van der Waals surface area contributed by atoms with Crippen molar-refractivity contribution in [3.8, 4) is 5.75 Å². The van der Waals surface area contributed by atoms with Crippen LogP contribution in [-0.4, -0.2) is 12.0 Å². The standard InChI is InChI=1S/C20H25FN2O2/c1-4-13(3)15-8-6-7-9-19(15)25-18(5-2)20(24)23-17-12-14(22)10-11-16(17)21/h6-13,18H,4-5,22H2,1-3H3,(H,23,24)/t13-,18-/m0/s1. The summed E-state index contributed by atoms with van der Waals surface area (Å²) in [5.74, 6) is 0.0818. The van der Waals surface area contributed by atoms with Crippen molar-refractivity contribution in [2.24, 2.45) is 0 Å². The third-order valence-electron chi connectivity index (χ3n) is 4.24. The molecule has 0 heterocycles. The molecule has 4 nitrogen and oxygen atoms in total. The maximum absolute atomic E-state index is 13.8. The Morgan fingerprint density at radius 3 is 2.60 bits per heavy atom. The summed E-state index contributed by atoms with van der Waals surface area (Å²) in [6.07, 6.45) is 0.716. The lowest BCUT2D eigenvalue weighted by Crippen LogP contribution is -2.33. The second-order valence-corrected chi connectivity index (χ2v) is 6.09. The van der Waals surface area contributed by atoms with E-state index in [4.69, 9.17) is 10.5 Å². The molecule has 2 aromatic rings. The van der Waals surface area contributed by atoms with Gasteiger partial charge in [0.1, 0.15) is 11.6 Å².